The van der Waals surface area contributed by atoms with Gasteiger partial charge in [-0.25, -0.2) is 9.59 Å². The van der Waals surface area contributed by atoms with Gasteiger partial charge in [0.2, 0.25) is 0 Å². The molecule has 88 valence electrons. The lowest BCUT2D eigenvalue weighted by Gasteiger charge is -2.04. The Morgan fingerprint density at radius 3 is 2.31 bits per heavy atom. The highest BCUT2D eigenvalue weighted by Gasteiger charge is 2.04. The molecule has 0 saturated heterocycles. The second-order valence-corrected chi connectivity index (χ2v) is 3.60. The van der Waals surface area contributed by atoms with Crippen LogP contribution in [0.2, 0.25) is 0 Å². The summed E-state index contributed by atoms with van der Waals surface area (Å²) in [6, 6.07) is 0. The molecule has 0 fully saturated rings. The molecule has 0 saturated carbocycles. The molecule has 0 amide bonds. The summed E-state index contributed by atoms with van der Waals surface area (Å²) in [5.74, 6) is 1.26. The topological polar surface area (TPSA) is 52.6 Å². The van der Waals surface area contributed by atoms with Crippen molar-refractivity contribution in [1.29, 1.82) is 0 Å². The number of hydrogen-bond acceptors (Lipinski definition) is 4. The summed E-state index contributed by atoms with van der Waals surface area (Å²) < 4.78 is 9.52. The van der Waals surface area contributed by atoms with Crippen molar-refractivity contribution in [2.45, 2.75) is 26.9 Å². The second-order valence-electron chi connectivity index (χ2n) is 3.60. The molecule has 0 aliphatic rings. The summed E-state index contributed by atoms with van der Waals surface area (Å²) in [7, 11) is 0. The van der Waals surface area contributed by atoms with Crippen molar-refractivity contribution in [3.8, 4) is 12.3 Å². The minimum absolute atomic E-state index is 0.255. The summed E-state index contributed by atoms with van der Waals surface area (Å²) in [6.45, 7) is 5.71. The van der Waals surface area contributed by atoms with Gasteiger partial charge in [-0.1, -0.05) is 19.8 Å². The molecule has 4 nitrogen and oxygen atoms in total. The van der Waals surface area contributed by atoms with Crippen molar-refractivity contribution in [3.63, 3.8) is 0 Å². The maximum absolute atomic E-state index is 11.1. The number of hydrogen-bond donors (Lipinski definition) is 0. The number of rotatable bonds is 5. The van der Waals surface area contributed by atoms with E-state index in [9.17, 15) is 9.59 Å². The highest BCUT2D eigenvalue weighted by molar-refractivity contribution is 5.91. The lowest BCUT2D eigenvalue weighted by Crippen LogP contribution is -2.12. The van der Waals surface area contributed by atoms with E-state index < -0.39 is 18.0 Å². The summed E-state index contributed by atoms with van der Waals surface area (Å²) in [5, 5.41) is 0. The molecule has 0 aliphatic heterocycles. The SMILES string of the molecule is C#CC(C)OC(=O)/C=C/C(=O)OCC(C)C. The highest BCUT2D eigenvalue weighted by atomic mass is 16.5. The summed E-state index contributed by atoms with van der Waals surface area (Å²) in [5.41, 5.74) is 0. The largest absolute Gasteiger partial charge is 0.462 e. The van der Waals surface area contributed by atoms with E-state index in [0.29, 0.717) is 6.61 Å². The van der Waals surface area contributed by atoms with Crippen molar-refractivity contribution in [3.05, 3.63) is 12.2 Å². The van der Waals surface area contributed by atoms with Crippen LogP contribution >= 0.6 is 0 Å². The van der Waals surface area contributed by atoms with Crippen LogP contribution in [0.3, 0.4) is 0 Å². The Hall–Kier alpha value is -1.76. The molecule has 0 aliphatic carbocycles. The molecular weight excluding hydrogens is 208 g/mol. The van der Waals surface area contributed by atoms with Crippen LogP contribution in [0.15, 0.2) is 12.2 Å². The van der Waals surface area contributed by atoms with E-state index in [2.05, 4.69) is 5.92 Å². The predicted octanol–water partition coefficient (Wildman–Crippen LogP) is 1.31. The van der Waals surface area contributed by atoms with Crippen molar-refractivity contribution >= 4 is 11.9 Å². The Bertz CT molecular complexity index is 309. The molecule has 0 radical (unpaired) electrons. The van der Waals surface area contributed by atoms with Crippen molar-refractivity contribution in [2.24, 2.45) is 5.92 Å². The lowest BCUT2D eigenvalue weighted by molar-refractivity contribution is -0.142. The van der Waals surface area contributed by atoms with Gasteiger partial charge in [0.05, 0.1) is 6.61 Å². The molecule has 0 bridgehead atoms. The quantitative estimate of drug-likeness (QED) is 0.401. The molecule has 0 heterocycles. The number of esters is 2. The molecule has 0 N–H and O–H groups in total. The maximum Gasteiger partial charge on any atom is 0.332 e. The Morgan fingerprint density at radius 2 is 1.81 bits per heavy atom. The van der Waals surface area contributed by atoms with E-state index in [-0.39, 0.29) is 5.92 Å². The molecule has 0 aromatic carbocycles. The molecule has 0 rings (SSSR count). The van der Waals surface area contributed by atoms with Crippen LogP contribution in [0.5, 0.6) is 0 Å². The Morgan fingerprint density at radius 1 is 1.25 bits per heavy atom. The fourth-order valence-electron chi connectivity index (χ4n) is 0.681. The van der Waals surface area contributed by atoms with Gasteiger partial charge < -0.3 is 9.47 Å². The molecule has 0 aromatic rings. The van der Waals surface area contributed by atoms with E-state index in [1.165, 1.54) is 0 Å². The zero-order chi connectivity index (χ0) is 12.6. The zero-order valence-corrected chi connectivity index (χ0v) is 9.73. The first kappa shape index (κ1) is 14.2. The third-order valence-electron chi connectivity index (χ3n) is 1.44. The van der Waals surface area contributed by atoms with Gasteiger partial charge in [-0.2, -0.15) is 0 Å². The van der Waals surface area contributed by atoms with Gasteiger partial charge in [0.25, 0.3) is 0 Å². The average Bonchev–Trinajstić information content (AvgIpc) is 2.23. The van der Waals surface area contributed by atoms with Gasteiger partial charge in [-0.15, -0.1) is 6.42 Å². The molecule has 4 heteroatoms. The fourth-order valence-corrected chi connectivity index (χ4v) is 0.681. The van der Waals surface area contributed by atoms with Gasteiger partial charge in [0, 0.05) is 12.2 Å². The lowest BCUT2D eigenvalue weighted by atomic mass is 10.2. The van der Waals surface area contributed by atoms with Crippen molar-refractivity contribution in [1.82, 2.24) is 0 Å². The van der Waals surface area contributed by atoms with Crippen LogP contribution in [-0.2, 0) is 19.1 Å². The minimum Gasteiger partial charge on any atom is -0.462 e. The number of carbonyl (C=O) groups is 2. The summed E-state index contributed by atoms with van der Waals surface area (Å²) >= 11 is 0. The minimum atomic E-state index is -0.660. The van der Waals surface area contributed by atoms with E-state index in [0.717, 1.165) is 12.2 Å². The zero-order valence-electron chi connectivity index (χ0n) is 9.73. The number of terminal acetylenes is 1. The van der Waals surface area contributed by atoms with Crippen LogP contribution in [0.1, 0.15) is 20.8 Å². The van der Waals surface area contributed by atoms with E-state index in [1.54, 1.807) is 6.92 Å². The summed E-state index contributed by atoms with van der Waals surface area (Å²) in [6.07, 6.45) is 6.43. The molecule has 1 unspecified atom stereocenters. The van der Waals surface area contributed by atoms with Crippen molar-refractivity contribution < 1.29 is 19.1 Å². The average molecular weight is 224 g/mol. The van der Waals surface area contributed by atoms with E-state index in [4.69, 9.17) is 15.9 Å². The molecular formula is C12H16O4. The van der Waals surface area contributed by atoms with Crippen LogP contribution < -0.4 is 0 Å². The van der Waals surface area contributed by atoms with Gasteiger partial charge in [0.15, 0.2) is 6.10 Å². The third kappa shape index (κ3) is 7.63. The highest BCUT2D eigenvalue weighted by Crippen LogP contribution is 1.95. The Labute approximate surface area is 95.6 Å². The van der Waals surface area contributed by atoms with Crippen LogP contribution in [-0.4, -0.2) is 24.6 Å². The second kappa shape index (κ2) is 7.52. The van der Waals surface area contributed by atoms with Gasteiger partial charge in [0.1, 0.15) is 0 Å². The Kier molecular flexibility index (Phi) is 6.69. The van der Waals surface area contributed by atoms with Gasteiger partial charge >= 0.3 is 11.9 Å². The molecule has 1 atom stereocenters. The van der Waals surface area contributed by atoms with Crippen LogP contribution in [0, 0.1) is 18.3 Å². The summed E-state index contributed by atoms with van der Waals surface area (Å²) in [4.78, 5) is 22.1. The first-order chi connectivity index (χ1) is 7.45. The first-order valence-corrected chi connectivity index (χ1v) is 4.97. The first-order valence-electron chi connectivity index (χ1n) is 4.97. The van der Waals surface area contributed by atoms with Crippen LogP contribution in [0.4, 0.5) is 0 Å². The third-order valence-corrected chi connectivity index (χ3v) is 1.44. The maximum atomic E-state index is 11.1. The van der Waals surface area contributed by atoms with Gasteiger partial charge in [-0.3, -0.25) is 0 Å². The predicted molar refractivity (Wildman–Crippen MR) is 59.3 cm³/mol. The monoisotopic (exact) mass is 224 g/mol. The van der Waals surface area contributed by atoms with E-state index in [1.807, 2.05) is 13.8 Å². The smallest absolute Gasteiger partial charge is 0.332 e. The van der Waals surface area contributed by atoms with Crippen LogP contribution in [0.25, 0.3) is 0 Å². The molecule has 16 heavy (non-hydrogen) atoms. The fraction of sp³-hybridized carbons (Fsp3) is 0.500. The van der Waals surface area contributed by atoms with E-state index >= 15 is 0 Å². The normalized spacial score (nSPS) is 12.2. The van der Waals surface area contributed by atoms with Gasteiger partial charge in [-0.05, 0) is 12.8 Å². The standard InChI is InChI=1S/C12H16O4/c1-5-10(4)16-12(14)7-6-11(13)15-8-9(2)3/h1,6-7,9-10H,8H2,2-4H3/b7-6+. The van der Waals surface area contributed by atoms with Crippen molar-refractivity contribution in [2.75, 3.05) is 6.61 Å². The number of ether oxygens (including phenoxy) is 2. The Balaban J connectivity index is 3.95. The molecule has 0 spiro atoms. The molecule has 0 aromatic heterocycles. The number of carbonyl (C=O) groups excluding carboxylic acids is 2.